The van der Waals surface area contributed by atoms with Gasteiger partial charge in [0.25, 0.3) is 5.91 Å². The fraction of sp³-hybridized carbons (Fsp3) is 0.512. The smallest absolute Gasteiger partial charge is 0.303 e. The number of nitrogens with one attached hydrogen (secondary N) is 3. The van der Waals surface area contributed by atoms with Gasteiger partial charge in [-0.25, -0.2) is 9.71 Å². The summed E-state index contributed by atoms with van der Waals surface area (Å²) in [6, 6.07) is 13.7. The Balaban J connectivity index is 1.25. The van der Waals surface area contributed by atoms with E-state index >= 15 is 0 Å². The van der Waals surface area contributed by atoms with Gasteiger partial charge in [-0.3, -0.25) is 19.4 Å². The van der Waals surface area contributed by atoms with Crippen molar-refractivity contribution >= 4 is 61.3 Å². The summed E-state index contributed by atoms with van der Waals surface area (Å²) in [7, 11) is 0.119. The van der Waals surface area contributed by atoms with Gasteiger partial charge in [0.15, 0.2) is 0 Å². The minimum atomic E-state index is -4.15. The molecule has 0 bridgehead atoms. The maximum absolute atomic E-state index is 14.8. The molecule has 6 atom stereocenters. The second-order valence-corrected chi connectivity index (χ2v) is 19.3. The third-order valence-electron chi connectivity index (χ3n) is 11.8. The number of thioether (sulfide) groups is 1. The highest BCUT2D eigenvalue weighted by Gasteiger charge is 2.61. The maximum Gasteiger partial charge on any atom is 0.303 e. The number of para-hydroxylation sites is 1. The zero-order valence-electron chi connectivity index (χ0n) is 34.6. The Labute approximate surface area is 351 Å². The third-order valence-corrected chi connectivity index (χ3v) is 14.3. The van der Waals surface area contributed by atoms with Gasteiger partial charge in [0, 0.05) is 54.9 Å². The molecule has 2 fully saturated rings. The van der Waals surface area contributed by atoms with Gasteiger partial charge in [0.1, 0.15) is 40.3 Å². The van der Waals surface area contributed by atoms with Crippen LogP contribution in [0.1, 0.15) is 70.1 Å². The fourth-order valence-corrected chi connectivity index (χ4v) is 9.91. The Kier molecular flexibility index (Phi) is 12.6. The van der Waals surface area contributed by atoms with E-state index in [-0.39, 0.29) is 31.3 Å². The summed E-state index contributed by atoms with van der Waals surface area (Å²) >= 11 is 1.66. The third kappa shape index (κ3) is 9.09. The zero-order chi connectivity index (χ0) is 42.1. The second-order valence-electron chi connectivity index (χ2n) is 16.5. The van der Waals surface area contributed by atoms with E-state index in [2.05, 4.69) is 29.2 Å². The van der Waals surface area contributed by atoms with Crippen molar-refractivity contribution in [3.63, 3.8) is 0 Å². The number of carbonyl (C=O) groups is 3. The molecule has 0 spiro atoms. The number of hydrogen-bond donors (Lipinski definition) is 3. The maximum atomic E-state index is 14.8. The molecular weight excluding hydrogens is 791 g/mol. The number of pyridine rings is 1. The molecular formula is C43H55N7O7S2. The quantitative estimate of drug-likeness (QED) is 0.230. The Morgan fingerprint density at radius 3 is 2.58 bits per heavy atom. The zero-order valence-corrected chi connectivity index (χ0v) is 36.2. The van der Waals surface area contributed by atoms with Crippen molar-refractivity contribution in [3.05, 3.63) is 71.9 Å². The molecule has 4 aliphatic rings. The summed E-state index contributed by atoms with van der Waals surface area (Å²) in [6.45, 7) is 6.36. The Morgan fingerprint density at radius 2 is 1.86 bits per heavy atom. The van der Waals surface area contributed by atoms with Crippen LogP contribution < -0.4 is 24.8 Å². The fourth-order valence-electron chi connectivity index (χ4n) is 8.06. The number of benzene rings is 2. The number of fused-ring (bicyclic) bond motifs is 3. The molecule has 3 N–H and O–H groups in total. The molecule has 0 radical (unpaired) electrons. The van der Waals surface area contributed by atoms with Gasteiger partial charge in [0.2, 0.25) is 11.8 Å². The molecule has 1 saturated carbocycles. The number of aryl methyl sites for hydroxylation is 1. The van der Waals surface area contributed by atoms with Crippen LogP contribution in [-0.2, 0) is 24.6 Å². The molecule has 3 amide bonds. The Hall–Kier alpha value is -4.67. The molecule has 14 nitrogen and oxygen atoms in total. The summed E-state index contributed by atoms with van der Waals surface area (Å²) in [5.41, 5.74) is 1.51. The van der Waals surface area contributed by atoms with E-state index in [9.17, 15) is 22.8 Å². The minimum Gasteiger partial charge on any atom is -0.496 e. The monoisotopic (exact) mass is 845 g/mol. The first kappa shape index (κ1) is 42.5. The largest absolute Gasteiger partial charge is 0.496 e. The number of hydrogen-bond acceptors (Lipinski definition) is 11. The summed E-state index contributed by atoms with van der Waals surface area (Å²) in [4.78, 5) is 54.9. The van der Waals surface area contributed by atoms with Crippen molar-refractivity contribution in [1.82, 2.24) is 24.2 Å². The van der Waals surface area contributed by atoms with E-state index in [0.29, 0.717) is 35.0 Å². The summed E-state index contributed by atoms with van der Waals surface area (Å²) in [5, 5.41) is 7.97. The number of anilines is 1. The number of ether oxygens (including phenoxy) is 2. The molecule has 1 aromatic heterocycles. The van der Waals surface area contributed by atoms with Crippen LogP contribution in [0.4, 0.5) is 5.69 Å². The highest BCUT2D eigenvalue weighted by atomic mass is 32.2. The number of aliphatic imine (C=N–C) groups is 1. The normalized spacial score (nSPS) is 26.9. The van der Waals surface area contributed by atoms with Crippen LogP contribution in [0.15, 0.2) is 65.7 Å². The van der Waals surface area contributed by atoms with Gasteiger partial charge in [0.05, 0.1) is 30.9 Å². The van der Waals surface area contributed by atoms with E-state index in [1.807, 2.05) is 67.6 Å². The molecule has 1 unspecified atom stereocenters. The van der Waals surface area contributed by atoms with Gasteiger partial charge in [-0.05, 0) is 62.8 Å². The van der Waals surface area contributed by atoms with Crippen LogP contribution in [0.3, 0.4) is 0 Å². The number of carbonyl (C=O) groups excluding carboxylic acids is 3. The first-order valence-corrected chi connectivity index (χ1v) is 22.8. The van der Waals surface area contributed by atoms with Crippen LogP contribution >= 0.6 is 11.8 Å². The van der Waals surface area contributed by atoms with Crippen molar-refractivity contribution in [3.8, 4) is 11.5 Å². The van der Waals surface area contributed by atoms with Gasteiger partial charge in [-0.2, -0.15) is 12.7 Å². The van der Waals surface area contributed by atoms with Crippen molar-refractivity contribution < 1.29 is 32.3 Å². The summed E-state index contributed by atoms with van der Waals surface area (Å²) in [5.74, 6) is 0.401. The molecule has 1 aliphatic carbocycles. The molecule has 4 heterocycles. The van der Waals surface area contributed by atoms with E-state index in [1.165, 1.54) is 14.1 Å². The molecule has 316 valence electrons. The van der Waals surface area contributed by atoms with Crippen molar-refractivity contribution in [1.29, 1.82) is 0 Å². The highest BCUT2D eigenvalue weighted by Crippen LogP contribution is 2.46. The average molecular weight is 846 g/mol. The lowest BCUT2D eigenvalue weighted by atomic mass is 10.0. The van der Waals surface area contributed by atoms with Crippen LogP contribution in [-0.4, -0.2) is 109 Å². The first-order chi connectivity index (χ1) is 28.2. The van der Waals surface area contributed by atoms with Crippen LogP contribution in [0.5, 0.6) is 11.5 Å². The average Bonchev–Trinajstić information content (AvgIpc) is 3.49. The Morgan fingerprint density at radius 1 is 1.08 bits per heavy atom. The predicted molar refractivity (Wildman–Crippen MR) is 231 cm³/mol. The van der Waals surface area contributed by atoms with Gasteiger partial charge in [-0.1, -0.05) is 57.0 Å². The van der Waals surface area contributed by atoms with Gasteiger partial charge < -0.3 is 25.0 Å². The lowest BCUT2D eigenvalue weighted by Gasteiger charge is -2.30. The molecule has 16 heteroatoms. The SMILES string of the molecule is COc1ccc2c(O[C@@H]3C[C@H]4C(=O)N[C@]5(C(=O)NS(=O)(=O)N(C)C)C[C@H]5/C=C\CCCCC[C@H](Nc5ccccc5)C(=O)N4C3)cc(C3=NC(C(C)C)CS3)nc2c1C. The van der Waals surface area contributed by atoms with E-state index in [4.69, 9.17) is 19.5 Å². The number of rotatable bonds is 10. The molecule has 1 saturated heterocycles. The van der Waals surface area contributed by atoms with Crippen molar-refractivity contribution in [2.75, 3.05) is 38.8 Å². The van der Waals surface area contributed by atoms with E-state index in [0.717, 1.165) is 57.4 Å². The van der Waals surface area contributed by atoms with Crippen LogP contribution in [0, 0.1) is 18.8 Å². The lowest BCUT2D eigenvalue weighted by Crippen LogP contribution is -2.58. The molecule has 3 aliphatic heterocycles. The van der Waals surface area contributed by atoms with Gasteiger partial charge >= 0.3 is 10.2 Å². The number of allylic oxidation sites excluding steroid dienone is 1. The number of amides is 3. The van der Waals surface area contributed by atoms with E-state index < -0.39 is 51.7 Å². The predicted octanol–water partition coefficient (Wildman–Crippen LogP) is 5.22. The molecule has 3 aromatic rings. The first-order valence-electron chi connectivity index (χ1n) is 20.4. The second kappa shape index (κ2) is 17.5. The van der Waals surface area contributed by atoms with E-state index in [1.54, 1.807) is 23.8 Å². The van der Waals surface area contributed by atoms with Crippen molar-refractivity contribution in [2.24, 2.45) is 16.8 Å². The standard InChI is InChI=1S/C43H55N7O7S2/c1-26(2)34-25-58-40(46-34)33-22-37(31-19-20-36(56-6)27(3)38(31)45-33)57-30-21-35-39(51)47-43(42(53)48-59(54,55)49(4)5)23-28(43)15-11-8-7-9-14-18-32(41(52)50(35)24-30)44-29-16-12-10-13-17-29/h10-13,15-17,19-20,22,26,28,30,32,34-35,44H,7-9,14,18,21,23-25H2,1-6H3,(H,47,51)(H,48,53)/b15-11-/t28-,30-,32+,34?,35+,43-/m1/s1. The highest BCUT2D eigenvalue weighted by molar-refractivity contribution is 8.14. The molecule has 59 heavy (non-hydrogen) atoms. The molecule has 7 rings (SSSR count). The summed E-state index contributed by atoms with van der Waals surface area (Å²) < 4.78 is 41.2. The number of nitrogens with zero attached hydrogens (tertiary/aromatic N) is 4. The summed E-state index contributed by atoms with van der Waals surface area (Å²) in [6.07, 6.45) is 7.42. The molecule has 2 aromatic carbocycles. The number of methoxy groups -OCH3 is 1. The van der Waals surface area contributed by atoms with Crippen LogP contribution in [0.2, 0.25) is 0 Å². The minimum absolute atomic E-state index is 0.0980. The topological polar surface area (TPSA) is 172 Å². The lowest BCUT2D eigenvalue weighted by molar-refractivity contribution is -0.140. The number of aromatic nitrogens is 1. The van der Waals surface area contributed by atoms with Crippen molar-refractivity contribution in [2.45, 2.75) is 95.5 Å². The van der Waals surface area contributed by atoms with Crippen LogP contribution in [0.25, 0.3) is 10.9 Å². The Bertz CT molecular complexity index is 2250. The van der Waals surface area contributed by atoms with Gasteiger partial charge in [-0.15, -0.1) is 11.8 Å².